The molecule has 1 aromatic rings. The zero-order valence-electron chi connectivity index (χ0n) is 13.6. The van der Waals surface area contributed by atoms with E-state index in [1.165, 1.54) is 64.0 Å². The number of nitrogens with zero attached hydrogens (tertiary/aromatic N) is 2. The average molecular weight is 294 g/mol. The molecular weight excluding hydrogens is 264 g/mol. The van der Waals surface area contributed by atoms with Gasteiger partial charge in [0.2, 0.25) is 0 Å². The average Bonchev–Trinajstić information content (AvgIpc) is 2.82. The van der Waals surface area contributed by atoms with E-state index >= 15 is 0 Å². The van der Waals surface area contributed by atoms with Gasteiger partial charge in [-0.2, -0.15) is 5.10 Å². The molecule has 0 saturated carbocycles. The predicted octanol–water partition coefficient (Wildman–Crippen LogP) is 4.81. The van der Waals surface area contributed by atoms with Gasteiger partial charge in [0.25, 0.3) is 0 Å². The number of rotatable bonds is 12. The van der Waals surface area contributed by atoms with Crippen molar-refractivity contribution in [1.82, 2.24) is 9.78 Å². The summed E-state index contributed by atoms with van der Waals surface area (Å²) >= 11 is 0. The Morgan fingerprint density at radius 3 is 2.05 bits per heavy atom. The van der Waals surface area contributed by atoms with Gasteiger partial charge in [0, 0.05) is 12.2 Å². The Kier molecular flexibility index (Phi) is 8.79. The second kappa shape index (κ2) is 10.4. The van der Waals surface area contributed by atoms with Crippen LogP contribution in [0.15, 0.2) is 6.20 Å². The van der Waals surface area contributed by atoms with E-state index in [-0.39, 0.29) is 0 Å². The first-order valence-corrected chi connectivity index (χ1v) is 8.42. The number of unbranched alkanes of at least 4 members (excludes halogenated alkanes) is 9. The molecule has 4 nitrogen and oxygen atoms in total. The first-order valence-electron chi connectivity index (χ1n) is 8.42. The molecule has 1 N–H and O–H groups in total. The van der Waals surface area contributed by atoms with Gasteiger partial charge in [0.15, 0.2) is 0 Å². The van der Waals surface area contributed by atoms with Gasteiger partial charge < -0.3 is 5.11 Å². The van der Waals surface area contributed by atoms with Crippen LogP contribution in [0.3, 0.4) is 0 Å². The maximum atomic E-state index is 10.9. The number of aryl methyl sites for hydroxylation is 1. The molecule has 0 spiro atoms. The lowest BCUT2D eigenvalue weighted by Gasteiger charge is -2.05. The third-order valence-corrected chi connectivity index (χ3v) is 4.06. The third-order valence-electron chi connectivity index (χ3n) is 4.06. The van der Waals surface area contributed by atoms with Crippen molar-refractivity contribution in [1.29, 1.82) is 0 Å². The van der Waals surface area contributed by atoms with Crippen LogP contribution < -0.4 is 0 Å². The van der Waals surface area contributed by atoms with Crippen molar-refractivity contribution in [3.63, 3.8) is 0 Å². The van der Waals surface area contributed by atoms with Gasteiger partial charge in [-0.05, 0) is 13.3 Å². The zero-order valence-corrected chi connectivity index (χ0v) is 13.6. The highest BCUT2D eigenvalue weighted by Crippen LogP contribution is 2.12. The van der Waals surface area contributed by atoms with E-state index in [1.54, 1.807) is 0 Å². The van der Waals surface area contributed by atoms with E-state index in [4.69, 9.17) is 5.11 Å². The van der Waals surface area contributed by atoms with Gasteiger partial charge in [-0.25, -0.2) is 4.79 Å². The fourth-order valence-corrected chi connectivity index (χ4v) is 2.63. The normalized spacial score (nSPS) is 11.0. The Bertz CT molecular complexity index is 413. The largest absolute Gasteiger partial charge is 0.478 e. The molecule has 0 radical (unpaired) electrons. The summed E-state index contributed by atoms with van der Waals surface area (Å²) in [4.78, 5) is 10.9. The minimum Gasteiger partial charge on any atom is -0.478 e. The summed E-state index contributed by atoms with van der Waals surface area (Å²) in [7, 11) is 0. The van der Waals surface area contributed by atoms with Crippen LogP contribution in [-0.2, 0) is 6.54 Å². The molecule has 0 aliphatic heterocycles. The molecule has 120 valence electrons. The molecular formula is C17H30N2O2. The van der Waals surface area contributed by atoms with Crippen molar-refractivity contribution < 1.29 is 9.90 Å². The van der Waals surface area contributed by atoms with Gasteiger partial charge in [0.1, 0.15) is 5.56 Å². The van der Waals surface area contributed by atoms with Crippen molar-refractivity contribution >= 4 is 5.97 Å². The van der Waals surface area contributed by atoms with Crippen molar-refractivity contribution in [3.8, 4) is 0 Å². The predicted molar refractivity (Wildman–Crippen MR) is 85.8 cm³/mol. The Morgan fingerprint density at radius 2 is 1.57 bits per heavy atom. The van der Waals surface area contributed by atoms with E-state index in [2.05, 4.69) is 12.0 Å². The molecule has 1 aromatic heterocycles. The Balaban J connectivity index is 2.03. The van der Waals surface area contributed by atoms with Crippen LogP contribution in [0.25, 0.3) is 0 Å². The van der Waals surface area contributed by atoms with Crippen LogP contribution in [0.4, 0.5) is 0 Å². The summed E-state index contributed by atoms with van der Waals surface area (Å²) < 4.78 is 1.81. The Labute approximate surface area is 128 Å². The number of carboxylic acid groups (broad SMARTS) is 1. The summed E-state index contributed by atoms with van der Waals surface area (Å²) in [5.41, 5.74) is 1.08. The Morgan fingerprint density at radius 1 is 1.05 bits per heavy atom. The quantitative estimate of drug-likeness (QED) is 0.563. The highest BCUT2D eigenvalue weighted by atomic mass is 16.4. The summed E-state index contributed by atoms with van der Waals surface area (Å²) in [6.07, 6.45) is 14.5. The van der Waals surface area contributed by atoms with E-state index in [0.29, 0.717) is 5.56 Å². The van der Waals surface area contributed by atoms with Gasteiger partial charge in [-0.15, -0.1) is 0 Å². The van der Waals surface area contributed by atoms with Crippen LogP contribution in [0.2, 0.25) is 0 Å². The van der Waals surface area contributed by atoms with Gasteiger partial charge in [-0.3, -0.25) is 4.68 Å². The molecule has 0 aliphatic rings. The van der Waals surface area contributed by atoms with Crippen LogP contribution >= 0.6 is 0 Å². The van der Waals surface area contributed by atoms with Gasteiger partial charge >= 0.3 is 5.97 Å². The van der Waals surface area contributed by atoms with Crippen LogP contribution in [0, 0.1) is 6.92 Å². The smallest absolute Gasteiger partial charge is 0.339 e. The fourth-order valence-electron chi connectivity index (χ4n) is 2.63. The number of hydrogen-bond donors (Lipinski definition) is 1. The fraction of sp³-hybridized carbons (Fsp3) is 0.765. The first-order chi connectivity index (χ1) is 10.2. The molecule has 4 heteroatoms. The molecule has 1 rings (SSSR count). The number of aromatic nitrogens is 2. The van der Waals surface area contributed by atoms with Gasteiger partial charge in [0.05, 0.1) is 6.20 Å². The molecule has 0 amide bonds. The highest BCUT2D eigenvalue weighted by Gasteiger charge is 2.11. The second-order valence-corrected chi connectivity index (χ2v) is 5.85. The summed E-state index contributed by atoms with van der Waals surface area (Å²) in [5.74, 6) is -0.887. The van der Waals surface area contributed by atoms with Crippen LogP contribution in [0.5, 0.6) is 0 Å². The van der Waals surface area contributed by atoms with Crippen molar-refractivity contribution in [3.05, 3.63) is 17.5 Å². The number of carbonyl (C=O) groups is 1. The number of carboxylic acids is 1. The molecule has 0 fully saturated rings. The summed E-state index contributed by atoms with van der Waals surface area (Å²) in [6.45, 7) is 4.91. The molecule has 0 bridgehead atoms. The topological polar surface area (TPSA) is 55.1 Å². The molecule has 0 unspecified atom stereocenters. The van der Waals surface area contributed by atoms with Gasteiger partial charge in [-0.1, -0.05) is 64.7 Å². The zero-order chi connectivity index (χ0) is 15.5. The SMILES string of the molecule is CCCCCCCCCCCCn1ncc(C(=O)O)c1C. The lowest BCUT2D eigenvalue weighted by atomic mass is 10.1. The monoisotopic (exact) mass is 294 g/mol. The summed E-state index contributed by atoms with van der Waals surface area (Å²) in [5, 5.41) is 13.1. The number of hydrogen-bond acceptors (Lipinski definition) is 2. The lowest BCUT2D eigenvalue weighted by molar-refractivity contribution is 0.0696. The summed E-state index contributed by atoms with van der Waals surface area (Å²) in [6, 6.07) is 0. The van der Waals surface area contributed by atoms with E-state index < -0.39 is 5.97 Å². The third kappa shape index (κ3) is 6.78. The molecule has 0 aromatic carbocycles. The lowest BCUT2D eigenvalue weighted by Crippen LogP contribution is -2.04. The molecule has 0 aliphatic carbocycles. The van der Waals surface area contributed by atoms with Crippen molar-refractivity contribution in [2.45, 2.75) is 84.6 Å². The minimum atomic E-state index is -0.887. The number of aromatic carboxylic acids is 1. The molecule has 0 atom stereocenters. The van der Waals surface area contributed by atoms with Crippen molar-refractivity contribution in [2.75, 3.05) is 0 Å². The molecule has 1 heterocycles. The van der Waals surface area contributed by atoms with Crippen LogP contribution in [0.1, 0.15) is 87.2 Å². The van der Waals surface area contributed by atoms with E-state index in [0.717, 1.165) is 18.7 Å². The maximum absolute atomic E-state index is 10.9. The van der Waals surface area contributed by atoms with E-state index in [9.17, 15) is 4.79 Å². The van der Waals surface area contributed by atoms with Crippen molar-refractivity contribution in [2.24, 2.45) is 0 Å². The second-order valence-electron chi connectivity index (χ2n) is 5.85. The standard InChI is InChI=1S/C17H30N2O2/c1-3-4-5-6-7-8-9-10-11-12-13-19-15(2)16(14-18-19)17(20)21/h14H,3-13H2,1-2H3,(H,20,21). The van der Waals surface area contributed by atoms with Crippen LogP contribution in [-0.4, -0.2) is 20.9 Å². The minimum absolute atomic E-state index is 0.321. The molecule has 21 heavy (non-hydrogen) atoms. The first kappa shape index (κ1) is 17.7. The highest BCUT2D eigenvalue weighted by molar-refractivity contribution is 5.88. The maximum Gasteiger partial charge on any atom is 0.339 e. The van der Waals surface area contributed by atoms with E-state index in [1.807, 2.05) is 11.6 Å². The molecule has 0 saturated heterocycles. The Hall–Kier alpha value is -1.32.